The molecule has 0 bridgehead atoms. The molecule has 0 aromatic heterocycles. The van der Waals surface area contributed by atoms with Gasteiger partial charge in [0.2, 0.25) is 5.91 Å². The Kier molecular flexibility index (Phi) is 13.5. The molecule has 1 unspecified atom stereocenters. The molecule has 0 saturated heterocycles. The molecule has 0 fully saturated rings. The van der Waals surface area contributed by atoms with E-state index in [-0.39, 0.29) is 31.7 Å². The van der Waals surface area contributed by atoms with E-state index in [4.69, 9.17) is 9.47 Å². The van der Waals surface area contributed by atoms with Crippen molar-refractivity contribution in [2.24, 2.45) is 11.8 Å². The smallest absolute Gasteiger partial charge is 0.414 e. The molecular weight excluding hydrogens is 488 g/mol. The van der Waals surface area contributed by atoms with E-state index in [0.717, 1.165) is 17.4 Å². The van der Waals surface area contributed by atoms with Gasteiger partial charge in [-0.15, -0.1) is 0 Å². The average Bonchev–Trinajstić information content (AvgIpc) is 2.92. The van der Waals surface area contributed by atoms with Gasteiger partial charge < -0.3 is 30.2 Å². The van der Waals surface area contributed by atoms with Gasteiger partial charge in [0.15, 0.2) is 0 Å². The summed E-state index contributed by atoms with van der Waals surface area (Å²) in [5, 5.41) is 11.2. The molecule has 3 atom stereocenters. The third kappa shape index (κ3) is 11.5. The van der Waals surface area contributed by atoms with Crippen molar-refractivity contribution in [1.29, 1.82) is 0 Å². The van der Waals surface area contributed by atoms with Gasteiger partial charge in [0.25, 0.3) is 0 Å². The Hall–Kier alpha value is -3.76. The molecule has 4 N–H and O–H groups in total. The van der Waals surface area contributed by atoms with Crippen LogP contribution in [0, 0.1) is 11.8 Å². The third-order valence-electron chi connectivity index (χ3n) is 5.80. The second-order valence-electron chi connectivity index (χ2n) is 9.26. The number of hydrogen-bond donors (Lipinski definition) is 4. The number of nitrogens with one attached hydrogen (secondary N) is 4. The van der Waals surface area contributed by atoms with Crippen LogP contribution in [0.3, 0.4) is 0 Å². The largest absolute Gasteiger partial charge is 0.445 e. The zero-order chi connectivity index (χ0) is 27.8. The van der Waals surface area contributed by atoms with Crippen molar-refractivity contribution in [1.82, 2.24) is 21.3 Å². The van der Waals surface area contributed by atoms with Crippen LogP contribution in [-0.4, -0.2) is 56.1 Å². The van der Waals surface area contributed by atoms with Crippen LogP contribution in [0.5, 0.6) is 0 Å². The molecule has 38 heavy (non-hydrogen) atoms. The molecule has 0 aliphatic rings. The summed E-state index contributed by atoms with van der Waals surface area (Å²) in [6.45, 7) is 6.65. The number of carbonyl (C=O) groups excluding carboxylic acids is 4. The van der Waals surface area contributed by atoms with Crippen molar-refractivity contribution in [2.75, 3.05) is 19.6 Å². The first-order valence-electron chi connectivity index (χ1n) is 12.7. The minimum atomic E-state index is -0.868. The number of aldehydes is 1. The van der Waals surface area contributed by atoms with Crippen LogP contribution in [0.15, 0.2) is 60.7 Å². The lowest BCUT2D eigenvalue weighted by atomic mass is 10.0. The second-order valence-corrected chi connectivity index (χ2v) is 9.26. The summed E-state index contributed by atoms with van der Waals surface area (Å²) in [5.41, 5.74) is 1.64. The van der Waals surface area contributed by atoms with Crippen molar-refractivity contribution in [3.05, 3.63) is 71.8 Å². The molecule has 206 valence electrons. The summed E-state index contributed by atoms with van der Waals surface area (Å²) in [4.78, 5) is 48.6. The van der Waals surface area contributed by atoms with E-state index in [2.05, 4.69) is 21.3 Å². The van der Waals surface area contributed by atoms with E-state index in [9.17, 15) is 19.2 Å². The highest BCUT2D eigenvalue weighted by Crippen LogP contribution is 2.06. The fourth-order valence-electron chi connectivity index (χ4n) is 3.53. The predicted octanol–water partition coefficient (Wildman–Crippen LogP) is 2.77. The lowest BCUT2D eigenvalue weighted by Gasteiger charge is -2.25. The lowest BCUT2D eigenvalue weighted by molar-refractivity contribution is -0.123. The Bertz CT molecular complexity index is 1000. The van der Waals surface area contributed by atoms with Crippen molar-refractivity contribution >= 4 is 24.4 Å². The molecular formula is C28H38N4O6. The maximum absolute atomic E-state index is 13.0. The normalized spacial score (nSPS) is 13.2. The molecule has 0 saturated carbocycles. The van der Waals surface area contributed by atoms with Crippen LogP contribution < -0.4 is 21.3 Å². The van der Waals surface area contributed by atoms with Crippen molar-refractivity contribution in [3.63, 3.8) is 0 Å². The number of hydrogen-bond acceptors (Lipinski definition) is 8. The van der Waals surface area contributed by atoms with E-state index in [1.807, 2.05) is 62.4 Å². The molecule has 3 amide bonds. The SMILES string of the molecule is CC(CNC(=O)OCc1ccccc1)[C@H](NCCN[C@H](C=O)C(C)C)C(=O)NC(=O)OCc1ccccc1. The van der Waals surface area contributed by atoms with Crippen molar-refractivity contribution in [3.8, 4) is 0 Å². The van der Waals surface area contributed by atoms with Gasteiger partial charge >= 0.3 is 12.2 Å². The van der Waals surface area contributed by atoms with Gasteiger partial charge in [0.1, 0.15) is 19.5 Å². The summed E-state index contributed by atoms with van der Waals surface area (Å²) < 4.78 is 10.4. The van der Waals surface area contributed by atoms with Gasteiger partial charge in [0, 0.05) is 19.6 Å². The maximum Gasteiger partial charge on any atom is 0.414 e. The number of ether oxygens (including phenoxy) is 2. The summed E-state index contributed by atoms with van der Waals surface area (Å²) in [6, 6.07) is 17.2. The highest BCUT2D eigenvalue weighted by molar-refractivity contribution is 5.95. The van der Waals surface area contributed by atoms with Gasteiger partial charge in [0.05, 0.1) is 12.1 Å². The van der Waals surface area contributed by atoms with Gasteiger partial charge in [-0.25, -0.2) is 9.59 Å². The topological polar surface area (TPSA) is 135 Å². The Morgan fingerprint density at radius 3 is 1.84 bits per heavy atom. The van der Waals surface area contributed by atoms with Crippen LogP contribution in [0.1, 0.15) is 31.9 Å². The zero-order valence-electron chi connectivity index (χ0n) is 22.1. The average molecular weight is 527 g/mol. The summed E-state index contributed by atoms with van der Waals surface area (Å²) in [7, 11) is 0. The van der Waals surface area contributed by atoms with Crippen LogP contribution in [0.2, 0.25) is 0 Å². The van der Waals surface area contributed by atoms with Gasteiger partial charge in [-0.1, -0.05) is 81.4 Å². The number of benzene rings is 2. The Balaban J connectivity index is 1.90. The molecule has 0 radical (unpaired) electrons. The quantitative estimate of drug-likeness (QED) is 0.206. The maximum atomic E-state index is 13.0. The monoisotopic (exact) mass is 526 g/mol. The molecule has 10 heteroatoms. The van der Waals surface area contributed by atoms with Crippen LogP contribution in [-0.2, 0) is 32.3 Å². The Labute approximate surface area is 223 Å². The van der Waals surface area contributed by atoms with E-state index >= 15 is 0 Å². The fraction of sp³-hybridized carbons (Fsp3) is 0.429. The summed E-state index contributed by atoms with van der Waals surface area (Å²) in [6.07, 6.45) is -0.632. The van der Waals surface area contributed by atoms with E-state index < -0.39 is 30.1 Å². The molecule has 0 spiro atoms. The van der Waals surface area contributed by atoms with Crippen LogP contribution >= 0.6 is 0 Å². The van der Waals surface area contributed by atoms with E-state index in [1.165, 1.54) is 0 Å². The standard InChI is InChI=1S/C28H38N4O6/c1-20(2)24(17-33)29-14-15-30-25(26(34)32-28(36)38-19-23-12-8-5-9-13-23)21(3)16-31-27(35)37-18-22-10-6-4-7-11-22/h4-13,17,20-21,24-25,29-30H,14-16,18-19H2,1-3H3,(H,31,35)(H,32,34,36)/t21?,24-,25+/m1/s1. The third-order valence-corrected chi connectivity index (χ3v) is 5.80. The van der Waals surface area contributed by atoms with Gasteiger partial charge in [-0.05, 0) is 23.0 Å². The second kappa shape index (κ2) is 16.9. The van der Waals surface area contributed by atoms with Crippen LogP contribution in [0.4, 0.5) is 9.59 Å². The lowest BCUT2D eigenvalue weighted by Crippen LogP contribution is -2.53. The number of imide groups is 1. The first-order chi connectivity index (χ1) is 18.3. The highest BCUT2D eigenvalue weighted by Gasteiger charge is 2.27. The Morgan fingerprint density at radius 2 is 1.32 bits per heavy atom. The number of rotatable bonds is 15. The molecule has 10 nitrogen and oxygen atoms in total. The van der Waals surface area contributed by atoms with Crippen molar-refractivity contribution in [2.45, 2.75) is 46.1 Å². The first kappa shape index (κ1) is 30.5. The predicted molar refractivity (Wildman–Crippen MR) is 143 cm³/mol. The summed E-state index contributed by atoms with van der Waals surface area (Å²) >= 11 is 0. The Morgan fingerprint density at radius 1 is 0.789 bits per heavy atom. The molecule has 0 aliphatic heterocycles. The number of alkyl carbamates (subject to hydrolysis) is 2. The first-order valence-corrected chi connectivity index (χ1v) is 12.7. The van der Waals surface area contributed by atoms with Gasteiger partial charge in [-0.3, -0.25) is 10.1 Å². The molecule has 2 aromatic rings. The number of amides is 3. The molecule has 0 heterocycles. The van der Waals surface area contributed by atoms with E-state index in [1.54, 1.807) is 19.1 Å². The van der Waals surface area contributed by atoms with Gasteiger partial charge in [-0.2, -0.15) is 0 Å². The number of carbonyl (C=O) groups is 4. The van der Waals surface area contributed by atoms with Crippen molar-refractivity contribution < 1.29 is 28.7 Å². The molecule has 2 rings (SSSR count). The summed E-state index contributed by atoms with van der Waals surface area (Å²) in [5.74, 6) is -0.880. The molecule has 0 aliphatic carbocycles. The van der Waals surface area contributed by atoms with Crippen LogP contribution in [0.25, 0.3) is 0 Å². The zero-order valence-corrected chi connectivity index (χ0v) is 22.1. The fourth-order valence-corrected chi connectivity index (χ4v) is 3.53. The van der Waals surface area contributed by atoms with E-state index in [0.29, 0.717) is 13.1 Å². The minimum Gasteiger partial charge on any atom is -0.445 e. The highest BCUT2D eigenvalue weighted by atomic mass is 16.6. The minimum absolute atomic E-state index is 0.0224. The molecule has 2 aromatic carbocycles.